The van der Waals surface area contributed by atoms with Crippen molar-refractivity contribution in [2.75, 3.05) is 51.8 Å². The van der Waals surface area contributed by atoms with E-state index in [9.17, 15) is 8.42 Å². The highest BCUT2D eigenvalue weighted by Gasteiger charge is 2.08. The van der Waals surface area contributed by atoms with Gasteiger partial charge in [0.05, 0.1) is 32.2 Å². The lowest BCUT2D eigenvalue weighted by Crippen LogP contribution is -2.32. The van der Waals surface area contributed by atoms with Gasteiger partial charge in [-0.3, -0.25) is 9.08 Å². The Hall–Kier alpha value is -0.510. The van der Waals surface area contributed by atoms with E-state index >= 15 is 0 Å². The van der Waals surface area contributed by atoms with Gasteiger partial charge in [-0.15, -0.1) is 6.58 Å². The predicted molar refractivity (Wildman–Crippen MR) is 87.2 cm³/mol. The van der Waals surface area contributed by atoms with Crippen molar-refractivity contribution < 1.29 is 27.9 Å². The van der Waals surface area contributed by atoms with Crippen molar-refractivity contribution in [1.82, 2.24) is 4.90 Å². The fraction of sp³-hybridized carbons (Fsp3) is 0.857. The zero-order valence-corrected chi connectivity index (χ0v) is 14.3. The van der Waals surface area contributed by atoms with Gasteiger partial charge in [0.15, 0.2) is 0 Å². The van der Waals surface area contributed by atoms with Crippen LogP contribution in [0.15, 0.2) is 12.7 Å². The lowest BCUT2D eigenvalue weighted by atomic mass is 10.3. The second kappa shape index (κ2) is 16.9. The molecule has 0 saturated heterocycles. The standard InChI is InChI=1S/C8H16O3S.C6H15NO3/c1-3-5-6-8-12(9,10)11-7-4-2;8-4-1-7(2-5-9)3-6-10/h4H,2-3,5-8H2,1H3;8-10H,1-6H2. The van der Waals surface area contributed by atoms with Gasteiger partial charge in [0.25, 0.3) is 10.1 Å². The van der Waals surface area contributed by atoms with Gasteiger partial charge in [-0.1, -0.05) is 25.8 Å². The fourth-order valence-corrected chi connectivity index (χ4v) is 2.48. The third-order valence-corrected chi connectivity index (χ3v) is 3.90. The SMILES string of the molecule is C=CCOS(=O)(=O)CCCCC.OCCN(CCO)CCO. The number of unbranched alkanes of at least 4 members (excludes halogenated alkanes) is 2. The van der Waals surface area contributed by atoms with Gasteiger partial charge in [0, 0.05) is 19.6 Å². The lowest BCUT2D eigenvalue weighted by molar-refractivity contribution is 0.136. The third-order valence-electron chi connectivity index (χ3n) is 2.61. The summed E-state index contributed by atoms with van der Waals surface area (Å²) < 4.78 is 26.6. The first-order chi connectivity index (χ1) is 10.5. The van der Waals surface area contributed by atoms with Gasteiger partial charge >= 0.3 is 0 Å². The van der Waals surface area contributed by atoms with Crippen LogP contribution in [0.4, 0.5) is 0 Å². The van der Waals surface area contributed by atoms with Gasteiger partial charge < -0.3 is 15.3 Å². The molecule has 0 atom stereocenters. The topological polar surface area (TPSA) is 107 Å². The molecule has 0 radical (unpaired) electrons. The fourth-order valence-electron chi connectivity index (χ4n) is 1.50. The summed E-state index contributed by atoms with van der Waals surface area (Å²) in [5, 5.41) is 25.5. The number of aliphatic hydroxyl groups is 3. The van der Waals surface area contributed by atoms with Crippen molar-refractivity contribution in [1.29, 1.82) is 0 Å². The molecule has 0 aliphatic rings. The molecular formula is C14H31NO6S. The molecule has 0 heterocycles. The summed E-state index contributed by atoms with van der Waals surface area (Å²) in [6, 6.07) is 0. The second-order valence-electron chi connectivity index (χ2n) is 4.55. The van der Waals surface area contributed by atoms with Gasteiger partial charge in [-0.2, -0.15) is 8.42 Å². The van der Waals surface area contributed by atoms with Crippen molar-refractivity contribution >= 4 is 10.1 Å². The zero-order chi connectivity index (χ0) is 17.3. The molecule has 0 bridgehead atoms. The summed E-state index contributed by atoms with van der Waals surface area (Å²) in [7, 11) is -3.29. The molecule has 8 heteroatoms. The Morgan fingerprint density at radius 2 is 1.55 bits per heavy atom. The molecule has 0 saturated carbocycles. The van der Waals surface area contributed by atoms with Crippen molar-refractivity contribution in [3.8, 4) is 0 Å². The minimum Gasteiger partial charge on any atom is -0.395 e. The van der Waals surface area contributed by atoms with Crippen LogP contribution in [0.5, 0.6) is 0 Å². The Morgan fingerprint density at radius 3 is 1.91 bits per heavy atom. The molecule has 0 aromatic rings. The van der Waals surface area contributed by atoms with E-state index in [1.54, 1.807) is 4.90 Å². The monoisotopic (exact) mass is 341 g/mol. The Morgan fingerprint density at radius 1 is 1.05 bits per heavy atom. The van der Waals surface area contributed by atoms with E-state index in [4.69, 9.17) is 15.3 Å². The van der Waals surface area contributed by atoms with Crippen LogP contribution in [0.2, 0.25) is 0 Å². The molecule has 0 amide bonds. The summed E-state index contributed by atoms with van der Waals surface area (Å²) in [5.74, 6) is 0.120. The number of aliphatic hydroxyl groups excluding tert-OH is 3. The molecule has 3 N–H and O–H groups in total. The third kappa shape index (κ3) is 17.5. The largest absolute Gasteiger partial charge is 0.395 e. The molecule has 134 valence electrons. The minimum absolute atomic E-state index is 0.0694. The van der Waals surface area contributed by atoms with E-state index in [0.717, 1.165) is 12.8 Å². The molecule has 0 aromatic carbocycles. The molecule has 0 aliphatic heterocycles. The zero-order valence-electron chi connectivity index (χ0n) is 13.5. The molecule has 0 fully saturated rings. The molecule has 0 aliphatic carbocycles. The van der Waals surface area contributed by atoms with Crippen LogP contribution in [-0.2, 0) is 14.3 Å². The quantitative estimate of drug-likeness (QED) is 0.245. The average molecular weight is 341 g/mol. The summed E-state index contributed by atoms with van der Waals surface area (Å²) in [6.07, 6.45) is 4.04. The average Bonchev–Trinajstić information content (AvgIpc) is 2.47. The first kappa shape index (κ1) is 23.8. The molecular weight excluding hydrogens is 310 g/mol. The number of hydrogen-bond donors (Lipinski definition) is 3. The highest BCUT2D eigenvalue weighted by Crippen LogP contribution is 2.01. The summed E-state index contributed by atoms with van der Waals surface area (Å²) in [6.45, 7) is 7.23. The van der Waals surface area contributed by atoms with Crippen LogP contribution >= 0.6 is 0 Å². The number of rotatable bonds is 13. The Balaban J connectivity index is 0. The van der Waals surface area contributed by atoms with Gasteiger partial charge in [-0.25, -0.2) is 0 Å². The normalized spacial score (nSPS) is 11.1. The van der Waals surface area contributed by atoms with Crippen LogP contribution in [-0.4, -0.2) is 80.5 Å². The molecule has 0 unspecified atom stereocenters. The molecule has 0 rings (SSSR count). The van der Waals surface area contributed by atoms with Crippen LogP contribution in [0.25, 0.3) is 0 Å². The molecule has 7 nitrogen and oxygen atoms in total. The summed E-state index contributed by atoms with van der Waals surface area (Å²) >= 11 is 0. The van der Waals surface area contributed by atoms with E-state index in [-0.39, 0.29) is 32.2 Å². The maximum Gasteiger partial charge on any atom is 0.267 e. The van der Waals surface area contributed by atoms with E-state index in [2.05, 4.69) is 10.8 Å². The Labute approximate surface area is 134 Å². The smallest absolute Gasteiger partial charge is 0.267 e. The molecule has 0 aromatic heterocycles. The van der Waals surface area contributed by atoms with Crippen LogP contribution in [0, 0.1) is 0 Å². The van der Waals surface area contributed by atoms with Crippen molar-refractivity contribution in [3.63, 3.8) is 0 Å². The first-order valence-corrected chi connectivity index (χ1v) is 9.08. The maximum atomic E-state index is 11.0. The van der Waals surface area contributed by atoms with Crippen molar-refractivity contribution in [2.24, 2.45) is 0 Å². The molecule has 22 heavy (non-hydrogen) atoms. The van der Waals surface area contributed by atoms with Crippen LogP contribution in [0.3, 0.4) is 0 Å². The van der Waals surface area contributed by atoms with Crippen LogP contribution < -0.4 is 0 Å². The van der Waals surface area contributed by atoms with Crippen molar-refractivity contribution in [2.45, 2.75) is 26.2 Å². The van der Waals surface area contributed by atoms with Crippen molar-refractivity contribution in [3.05, 3.63) is 12.7 Å². The second-order valence-corrected chi connectivity index (χ2v) is 6.31. The van der Waals surface area contributed by atoms with E-state index in [1.807, 2.05) is 6.92 Å². The Bertz CT molecular complexity index is 320. The molecule has 0 spiro atoms. The predicted octanol–water partition coefficient (Wildman–Crippen LogP) is -0.0257. The van der Waals surface area contributed by atoms with E-state index in [1.165, 1.54) is 6.08 Å². The van der Waals surface area contributed by atoms with Gasteiger partial charge in [-0.05, 0) is 6.42 Å². The highest BCUT2D eigenvalue weighted by molar-refractivity contribution is 7.86. The highest BCUT2D eigenvalue weighted by atomic mass is 32.2. The van der Waals surface area contributed by atoms with E-state index in [0.29, 0.717) is 26.1 Å². The number of nitrogens with zero attached hydrogens (tertiary/aromatic N) is 1. The van der Waals surface area contributed by atoms with Crippen LogP contribution in [0.1, 0.15) is 26.2 Å². The van der Waals surface area contributed by atoms with E-state index < -0.39 is 10.1 Å². The maximum absolute atomic E-state index is 11.0. The van der Waals surface area contributed by atoms with Gasteiger partial charge in [0.1, 0.15) is 0 Å². The number of hydrogen-bond acceptors (Lipinski definition) is 7. The van der Waals surface area contributed by atoms with Gasteiger partial charge in [0.2, 0.25) is 0 Å². The summed E-state index contributed by atoms with van der Waals surface area (Å²) in [4.78, 5) is 1.79. The minimum atomic E-state index is -3.29. The lowest BCUT2D eigenvalue weighted by Gasteiger charge is -2.17. The summed E-state index contributed by atoms with van der Waals surface area (Å²) in [5.41, 5.74) is 0. The first-order valence-electron chi connectivity index (χ1n) is 7.50. The Kier molecular flexibility index (Phi) is 18.2.